The third-order valence-electron chi connectivity index (χ3n) is 1.40. The molecule has 0 aliphatic rings. The van der Waals surface area contributed by atoms with Gasteiger partial charge in [0.2, 0.25) is 0 Å². The van der Waals surface area contributed by atoms with Gasteiger partial charge in [0, 0.05) is 0 Å². The summed E-state index contributed by atoms with van der Waals surface area (Å²) in [6.45, 7) is 1.85. The summed E-state index contributed by atoms with van der Waals surface area (Å²) in [7, 11) is 1.32. The zero-order chi connectivity index (χ0) is 10.8. The van der Waals surface area contributed by atoms with Crippen molar-refractivity contribution >= 4 is 5.97 Å². The minimum atomic E-state index is -0.405. The van der Waals surface area contributed by atoms with E-state index in [-0.39, 0.29) is 6.42 Å². The fourth-order valence-corrected chi connectivity index (χ4v) is 0.748. The maximum Gasteiger partial charge on any atom is 0.337 e. The topological polar surface area (TPSA) is 50.1 Å². The number of methoxy groups -OCH3 is 1. The van der Waals surface area contributed by atoms with Crippen molar-refractivity contribution in [2.24, 2.45) is 0 Å². The first-order chi connectivity index (χ1) is 6.76. The summed E-state index contributed by atoms with van der Waals surface area (Å²) in [5.74, 6) is -0.405. The van der Waals surface area contributed by atoms with Crippen LogP contribution >= 0.6 is 0 Å². The molecular formula is C11H13NO2. The van der Waals surface area contributed by atoms with Crippen molar-refractivity contribution in [1.29, 1.82) is 5.26 Å². The molecule has 0 amide bonds. The number of nitrogens with zero attached hydrogens (tertiary/aromatic N) is 1. The number of hydrogen-bond donors (Lipinski definition) is 0. The van der Waals surface area contributed by atoms with Gasteiger partial charge in [0.15, 0.2) is 0 Å². The summed E-state index contributed by atoms with van der Waals surface area (Å²) in [5, 5.41) is 8.30. The van der Waals surface area contributed by atoms with Crippen molar-refractivity contribution in [2.45, 2.75) is 13.3 Å². The summed E-state index contributed by atoms with van der Waals surface area (Å²) >= 11 is 0. The highest BCUT2D eigenvalue weighted by atomic mass is 16.5. The van der Waals surface area contributed by atoms with Crippen molar-refractivity contribution in [3.8, 4) is 6.07 Å². The average molecular weight is 191 g/mol. The Kier molecular flexibility index (Phi) is 6.79. The van der Waals surface area contributed by atoms with Crippen molar-refractivity contribution in [2.75, 3.05) is 7.11 Å². The Morgan fingerprint density at radius 3 is 2.79 bits per heavy atom. The van der Waals surface area contributed by atoms with E-state index < -0.39 is 5.97 Å². The fraction of sp³-hybridized carbons (Fsp3) is 0.273. The largest absolute Gasteiger partial charge is 0.465 e. The maximum atomic E-state index is 11.2. The van der Waals surface area contributed by atoms with Crippen molar-refractivity contribution < 1.29 is 9.53 Å². The highest BCUT2D eigenvalue weighted by Crippen LogP contribution is 2.01. The minimum absolute atomic E-state index is 0.282. The van der Waals surface area contributed by atoms with Gasteiger partial charge in [-0.1, -0.05) is 24.3 Å². The van der Waals surface area contributed by atoms with Crippen molar-refractivity contribution in [1.82, 2.24) is 0 Å². The molecule has 0 radical (unpaired) electrons. The molecule has 0 aromatic carbocycles. The van der Waals surface area contributed by atoms with Crippen LogP contribution < -0.4 is 0 Å². The van der Waals surface area contributed by atoms with E-state index in [0.717, 1.165) is 0 Å². The number of nitriles is 1. The van der Waals surface area contributed by atoms with Crippen LogP contribution in [0.3, 0.4) is 0 Å². The molecule has 0 fully saturated rings. The van der Waals surface area contributed by atoms with Crippen LogP contribution in [0.2, 0.25) is 0 Å². The van der Waals surface area contributed by atoms with Crippen LogP contribution in [0.1, 0.15) is 13.3 Å². The SMILES string of the molecule is C/C=C/C=C(\C=C\CC#N)C(=O)OC. The Labute approximate surface area is 84.0 Å². The summed E-state index contributed by atoms with van der Waals surface area (Å²) in [5.41, 5.74) is 0.431. The smallest absolute Gasteiger partial charge is 0.337 e. The number of ether oxygens (including phenoxy) is 1. The molecule has 0 rings (SSSR count). The standard InChI is InChI=1S/C11H13NO2/c1-3-4-7-10(11(13)14-2)8-5-6-9-12/h3-5,7-8H,6H2,1-2H3/b4-3+,8-5+,10-7+. The second kappa shape index (κ2) is 7.81. The van der Waals surface area contributed by atoms with E-state index in [1.807, 2.05) is 13.0 Å². The highest BCUT2D eigenvalue weighted by molar-refractivity contribution is 5.91. The molecular weight excluding hydrogens is 178 g/mol. The predicted octanol–water partition coefficient (Wildman–Crippen LogP) is 2.13. The minimum Gasteiger partial charge on any atom is -0.465 e. The van der Waals surface area contributed by atoms with Gasteiger partial charge in [0.25, 0.3) is 0 Å². The number of esters is 1. The third-order valence-corrected chi connectivity index (χ3v) is 1.40. The predicted molar refractivity (Wildman–Crippen MR) is 54.3 cm³/mol. The number of carbonyl (C=O) groups excluding carboxylic acids is 1. The zero-order valence-corrected chi connectivity index (χ0v) is 8.36. The summed E-state index contributed by atoms with van der Waals surface area (Å²) in [4.78, 5) is 11.2. The van der Waals surface area contributed by atoms with Gasteiger partial charge in [-0.25, -0.2) is 4.79 Å². The van der Waals surface area contributed by atoms with Crippen LogP contribution in [0.5, 0.6) is 0 Å². The molecule has 0 aromatic rings. The lowest BCUT2D eigenvalue weighted by atomic mass is 10.2. The molecule has 3 nitrogen and oxygen atoms in total. The second-order valence-corrected chi connectivity index (χ2v) is 2.40. The van der Waals surface area contributed by atoms with Crippen LogP contribution in [0.15, 0.2) is 36.0 Å². The fourth-order valence-electron chi connectivity index (χ4n) is 0.748. The molecule has 74 valence electrons. The molecule has 0 N–H and O–H groups in total. The molecule has 0 heterocycles. The van der Waals surface area contributed by atoms with E-state index in [1.54, 1.807) is 30.4 Å². The van der Waals surface area contributed by atoms with E-state index in [0.29, 0.717) is 5.57 Å². The van der Waals surface area contributed by atoms with E-state index >= 15 is 0 Å². The first-order valence-electron chi connectivity index (χ1n) is 4.21. The van der Waals surface area contributed by atoms with Gasteiger partial charge < -0.3 is 4.74 Å². The molecule has 0 spiro atoms. The Morgan fingerprint density at radius 1 is 1.57 bits per heavy atom. The molecule has 3 heteroatoms. The average Bonchev–Trinajstić information content (AvgIpc) is 2.22. The number of carbonyl (C=O) groups is 1. The Morgan fingerprint density at radius 2 is 2.29 bits per heavy atom. The van der Waals surface area contributed by atoms with Gasteiger partial charge >= 0.3 is 5.97 Å². The zero-order valence-electron chi connectivity index (χ0n) is 8.36. The van der Waals surface area contributed by atoms with Crippen molar-refractivity contribution in [3.63, 3.8) is 0 Å². The molecule has 0 aliphatic carbocycles. The van der Waals surface area contributed by atoms with Crippen molar-refractivity contribution in [3.05, 3.63) is 36.0 Å². The van der Waals surface area contributed by atoms with Gasteiger partial charge in [-0.05, 0) is 13.0 Å². The number of hydrogen-bond acceptors (Lipinski definition) is 3. The highest BCUT2D eigenvalue weighted by Gasteiger charge is 2.03. The number of allylic oxidation sites excluding steroid dienone is 4. The summed E-state index contributed by atoms with van der Waals surface area (Å²) in [6, 6.07) is 1.95. The molecule has 14 heavy (non-hydrogen) atoms. The molecule has 0 aliphatic heterocycles. The lowest BCUT2D eigenvalue weighted by molar-refractivity contribution is -0.135. The van der Waals surface area contributed by atoms with Crippen LogP contribution in [-0.2, 0) is 9.53 Å². The second-order valence-electron chi connectivity index (χ2n) is 2.40. The van der Waals surface area contributed by atoms with E-state index in [2.05, 4.69) is 4.74 Å². The van der Waals surface area contributed by atoms with Crippen LogP contribution in [0.4, 0.5) is 0 Å². The van der Waals surface area contributed by atoms with Gasteiger partial charge in [0.05, 0.1) is 25.2 Å². The lowest BCUT2D eigenvalue weighted by Gasteiger charge is -1.97. The van der Waals surface area contributed by atoms with Crippen LogP contribution in [-0.4, -0.2) is 13.1 Å². The summed E-state index contributed by atoms with van der Waals surface area (Å²) in [6.07, 6.45) is 8.66. The first kappa shape index (κ1) is 12.2. The normalized spacial score (nSPS) is 11.9. The Bertz CT molecular complexity index is 306. The van der Waals surface area contributed by atoms with Gasteiger partial charge in [-0.15, -0.1) is 0 Å². The van der Waals surface area contributed by atoms with Gasteiger partial charge in [-0.3, -0.25) is 0 Å². The maximum absolute atomic E-state index is 11.2. The Hall–Kier alpha value is -1.82. The van der Waals surface area contributed by atoms with Crippen LogP contribution in [0.25, 0.3) is 0 Å². The summed E-state index contributed by atoms with van der Waals surface area (Å²) < 4.78 is 4.56. The molecule has 0 aromatic heterocycles. The van der Waals surface area contributed by atoms with E-state index in [4.69, 9.17) is 5.26 Å². The molecule has 0 saturated heterocycles. The quantitative estimate of drug-likeness (QED) is 0.388. The molecule has 0 bridgehead atoms. The van der Waals surface area contributed by atoms with E-state index in [9.17, 15) is 4.79 Å². The first-order valence-corrected chi connectivity index (χ1v) is 4.21. The number of rotatable bonds is 4. The monoisotopic (exact) mass is 191 g/mol. The molecule has 0 unspecified atom stereocenters. The molecule has 0 atom stereocenters. The Balaban J connectivity index is 4.58. The lowest BCUT2D eigenvalue weighted by Crippen LogP contribution is -2.02. The van der Waals surface area contributed by atoms with E-state index in [1.165, 1.54) is 7.11 Å². The van der Waals surface area contributed by atoms with Crippen LogP contribution in [0, 0.1) is 11.3 Å². The van der Waals surface area contributed by atoms with Gasteiger partial charge in [0.1, 0.15) is 0 Å². The molecule has 0 saturated carbocycles. The third kappa shape index (κ3) is 4.94. The van der Waals surface area contributed by atoms with Gasteiger partial charge in [-0.2, -0.15) is 5.26 Å².